The molecule has 1 unspecified atom stereocenters. The second-order valence-corrected chi connectivity index (χ2v) is 13.9. The van der Waals surface area contributed by atoms with Gasteiger partial charge in [0.25, 0.3) is 11.8 Å². The predicted molar refractivity (Wildman–Crippen MR) is 213 cm³/mol. The summed E-state index contributed by atoms with van der Waals surface area (Å²) >= 11 is 0. The lowest BCUT2D eigenvalue weighted by Gasteiger charge is -2.27. The van der Waals surface area contributed by atoms with Crippen LogP contribution in [0.1, 0.15) is 95.7 Å². The maximum Gasteiger partial charge on any atom is 0.264 e. The maximum atomic E-state index is 13.3. The second kappa shape index (κ2) is 18.3. The summed E-state index contributed by atoms with van der Waals surface area (Å²) in [5.74, 6) is -1.26. The van der Waals surface area contributed by atoms with Gasteiger partial charge in [-0.1, -0.05) is 98.6 Å². The van der Waals surface area contributed by atoms with Gasteiger partial charge in [0.05, 0.1) is 17.7 Å². The van der Waals surface area contributed by atoms with E-state index in [9.17, 15) is 24.0 Å². The highest BCUT2D eigenvalue weighted by Gasteiger charge is 2.45. The zero-order valence-corrected chi connectivity index (χ0v) is 31.5. The van der Waals surface area contributed by atoms with Crippen molar-refractivity contribution in [3.05, 3.63) is 131 Å². The van der Waals surface area contributed by atoms with E-state index in [4.69, 9.17) is 4.74 Å². The lowest BCUT2D eigenvalue weighted by molar-refractivity contribution is -0.136. The molecule has 0 spiro atoms. The molecule has 1 saturated heterocycles. The number of nitrogens with zero attached hydrogens (tertiary/aromatic N) is 2. The van der Waals surface area contributed by atoms with Crippen molar-refractivity contribution in [2.75, 3.05) is 32.1 Å². The van der Waals surface area contributed by atoms with E-state index in [0.717, 1.165) is 48.3 Å². The monoisotopic (exact) mass is 740 g/mol. The molecule has 0 bridgehead atoms. The molecule has 0 aromatic heterocycles. The van der Waals surface area contributed by atoms with Crippen molar-refractivity contribution >= 4 is 46.4 Å². The van der Waals surface area contributed by atoms with Gasteiger partial charge in [0.2, 0.25) is 17.7 Å². The van der Waals surface area contributed by atoms with Gasteiger partial charge in [-0.05, 0) is 77.8 Å². The quantitative estimate of drug-likeness (QED) is 0.0659. The molecular formula is C45H48N4O6. The van der Waals surface area contributed by atoms with Crippen LogP contribution in [0.15, 0.2) is 103 Å². The third-order valence-corrected chi connectivity index (χ3v) is 10.2. The van der Waals surface area contributed by atoms with E-state index < -0.39 is 29.7 Å². The standard InChI is InChI=1S/C45H48N4O6/c1-3-35(31-15-8-6-9-16-31)41(32-17-10-7-11-18-32)33-22-24-34(25-23-33)55-30-29-48(2)40(51)21-12-4-5-13-28-46-37-20-14-19-36-42(37)45(54)49(44(36)53)38-26-27-39(50)47-43(38)52/h6-11,14-20,22-25,38,46H,3-5,12-13,21,26-30H2,1-2H3,(H,47,50,52)/b41-35-. The van der Waals surface area contributed by atoms with E-state index >= 15 is 0 Å². The molecule has 0 saturated carbocycles. The fraction of sp³-hybridized carbons (Fsp3) is 0.311. The molecule has 6 rings (SSSR count). The number of benzene rings is 4. The first-order valence-corrected chi connectivity index (χ1v) is 19.2. The Hall–Kier alpha value is -6.03. The molecule has 4 aromatic carbocycles. The summed E-state index contributed by atoms with van der Waals surface area (Å²) in [6, 6.07) is 33.2. The van der Waals surface area contributed by atoms with Crippen LogP contribution < -0.4 is 15.4 Å². The average Bonchev–Trinajstić information content (AvgIpc) is 3.46. The van der Waals surface area contributed by atoms with Crippen molar-refractivity contribution < 1.29 is 28.7 Å². The minimum atomic E-state index is -0.999. The molecule has 55 heavy (non-hydrogen) atoms. The number of ether oxygens (including phenoxy) is 1. The van der Waals surface area contributed by atoms with Gasteiger partial charge in [-0.3, -0.25) is 34.2 Å². The molecule has 2 aliphatic rings. The number of likely N-dealkylation sites (N-methyl/N-ethyl adjacent to an activating group) is 1. The van der Waals surface area contributed by atoms with Gasteiger partial charge in [-0.2, -0.15) is 0 Å². The topological polar surface area (TPSA) is 125 Å². The molecule has 5 amide bonds. The molecule has 2 aliphatic heterocycles. The largest absolute Gasteiger partial charge is 0.492 e. The predicted octanol–water partition coefficient (Wildman–Crippen LogP) is 7.36. The molecule has 0 radical (unpaired) electrons. The molecule has 2 heterocycles. The molecule has 284 valence electrons. The van der Waals surface area contributed by atoms with Gasteiger partial charge >= 0.3 is 0 Å². The molecule has 1 atom stereocenters. The van der Waals surface area contributed by atoms with Crippen LogP contribution >= 0.6 is 0 Å². The molecule has 1 fully saturated rings. The fourth-order valence-corrected chi connectivity index (χ4v) is 7.26. The number of carbonyl (C=O) groups is 5. The first-order chi connectivity index (χ1) is 26.8. The normalized spacial score (nSPS) is 15.7. The summed E-state index contributed by atoms with van der Waals surface area (Å²) in [4.78, 5) is 65.8. The van der Waals surface area contributed by atoms with Crippen molar-refractivity contribution in [3.63, 3.8) is 0 Å². The van der Waals surface area contributed by atoms with Gasteiger partial charge in [0, 0.05) is 32.1 Å². The van der Waals surface area contributed by atoms with Crippen molar-refractivity contribution in [1.29, 1.82) is 0 Å². The molecule has 4 aromatic rings. The van der Waals surface area contributed by atoms with Crippen LogP contribution in [0.5, 0.6) is 5.75 Å². The van der Waals surface area contributed by atoms with Crippen LogP contribution in [0.25, 0.3) is 11.1 Å². The number of hydrogen-bond donors (Lipinski definition) is 2. The number of allylic oxidation sites excluding steroid dienone is 1. The number of carbonyl (C=O) groups excluding carboxylic acids is 5. The number of rotatable bonds is 17. The lowest BCUT2D eigenvalue weighted by Crippen LogP contribution is -2.54. The van der Waals surface area contributed by atoms with Crippen LogP contribution in [0.4, 0.5) is 5.69 Å². The minimum Gasteiger partial charge on any atom is -0.492 e. The Kier molecular flexibility index (Phi) is 12.9. The maximum absolute atomic E-state index is 13.3. The van der Waals surface area contributed by atoms with Crippen molar-refractivity contribution in [1.82, 2.24) is 15.1 Å². The van der Waals surface area contributed by atoms with Gasteiger partial charge in [-0.15, -0.1) is 0 Å². The first kappa shape index (κ1) is 38.7. The zero-order chi connectivity index (χ0) is 38.7. The van der Waals surface area contributed by atoms with Crippen LogP contribution in [0.3, 0.4) is 0 Å². The van der Waals surface area contributed by atoms with Crippen molar-refractivity contribution in [3.8, 4) is 5.75 Å². The summed E-state index contributed by atoms with van der Waals surface area (Å²) in [7, 11) is 1.80. The van der Waals surface area contributed by atoms with E-state index in [-0.39, 0.29) is 29.9 Å². The third-order valence-electron chi connectivity index (χ3n) is 10.2. The van der Waals surface area contributed by atoms with Gasteiger partial charge in [-0.25, -0.2) is 0 Å². The van der Waals surface area contributed by atoms with E-state index in [0.29, 0.717) is 31.8 Å². The number of imide groups is 2. The Morgan fingerprint density at radius 2 is 1.47 bits per heavy atom. The Morgan fingerprint density at radius 3 is 2.16 bits per heavy atom. The summed E-state index contributed by atoms with van der Waals surface area (Å²) < 4.78 is 6.04. The summed E-state index contributed by atoms with van der Waals surface area (Å²) in [5, 5.41) is 5.50. The highest BCUT2D eigenvalue weighted by Crippen LogP contribution is 2.35. The fourth-order valence-electron chi connectivity index (χ4n) is 7.26. The molecular weight excluding hydrogens is 693 g/mol. The number of nitrogens with one attached hydrogen (secondary N) is 2. The van der Waals surface area contributed by atoms with E-state index in [1.165, 1.54) is 22.3 Å². The molecule has 10 nitrogen and oxygen atoms in total. The SMILES string of the molecule is CC/C(=C(\c1ccccc1)c1ccc(OCCN(C)C(=O)CCCCCCNc2cccc3c2C(=O)N(C2CCC(=O)NC2=O)C3=O)cc1)c1ccccc1. The molecule has 0 aliphatic carbocycles. The Labute approximate surface area is 322 Å². The van der Waals surface area contributed by atoms with Crippen LogP contribution in [-0.4, -0.2) is 72.1 Å². The van der Waals surface area contributed by atoms with Gasteiger partial charge < -0.3 is 15.0 Å². The summed E-state index contributed by atoms with van der Waals surface area (Å²) in [5.41, 5.74) is 7.04. The van der Waals surface area contributed by atoms with Crippen molar-refractivity contribution in [2.45, 2.75) is 64.3 Å². The number of amides is 5. The number of unbranched alkanes of at least 4 members (excludes halogenated alkanes) is 3. The average molecular weight is 741 g/mol. The van der Waals surface area contributed by atoms with E-state index in [1.807, 2.05) is 24.3 Å². The number of piperidine rings is 1. The van der Waals surface area contributed by atoms with Gasteiger partial charge in [0.1, 0.15) is 18.4 Å². The number of hydrogen-bond acceptors (Lipinski definition) is 7. The number of anilines is 1. The molecule has 10 heteroatoms. The van der Waals surface area contributed by atoms with Gasteiger partial charge in [0.15, 0.2) is 0 Å². The Bertz CT molecular complexity index is 2040. The van der Waals surface area contributed by atoms with E-state index in [1.54, 1.807) is 30.1 Å². The Morgan fingerprint density at radius 1 is 0.800 bits per heavy atom. The highest BCUT2D eigenvalue weighted by molar-refractivity contribution is 6.25. The smallest absolute Gasteiger partial charge is 0.264 e. The minimum absolute atomic E-state index is 0.0750. The van der Waals surface area contributed by atoms with Crippen LogP contribution in [0, 0.1) is 0 Å². The van der Waals surface area contributed by atoms with E-state index in [2.05, 4.69) is 78.2 Å². The summed E-state index contributed by atoms with van der Waals surface area (Å²) in [6.45, 7) is 3.65. The van der Waals surface area contributed by atoms with Crippen molar-refractivity contribution in [2.24, 2.45) is 0 Å². The Balaban J connectivity index is 0.915. The second-order valence-electron chi connectivity index (χ2n) is 13.9. The number of fused-ring (bicyclic) bond motifs is 1. The zero-order valence-electron chi connectivity index (χ0n) is 31.5. The molecule has 2 N–H and O–H groups in total. The lowest BCUT2D eigenvalue weighted by atomic mass is 9.88. The summed E-state index contributed by atoms with van der Waals surface area (Å²) in [6.07, 6.45) is 4.88. The highest BCUT2D eigenvalue weighted by atomic mass is 16.5. The van der Waals surface area contributed by atoms with Crippen LogP contribution in [0.2, 0.25) is 0 Å². The third kappa shape index (κ3) is 9.20. The van der Waals surface area contributed by atoms with Crippen LogP contribution in [-0.2, 0) is 14.4 Å². The first-order valence-electron chi connectivity index (χ1n) is 19.2.